The Morgan fingerprint density at radius 1 is 1.05 bits per heavy atom. The molecule has 0 radical (unpaired) electrons. The van der Waals surface area contributed by atoms with E-state index in [-0.39, 0.29) is 5.92 Å². The van der Waals surface area contributed by atoms with Gasteiger partial charge in [-0.15, -0.1) is 0 Å². The zero-order valence-corrected chi connectivity index (χ0v) is 12.2. The first-order valence-electron chi connectivity index (χ1n) is 6.84. The second kappa shape index (κ2) is 6.47. The van der Waals surface area contributed by atoms with Crippen LogP contribution < -0.4 is 10.6 Å². The van der Waals surface area contributed by atoms with E-state index in [1.165, 1.54) is 6.07 Å². The van der Waals surface area contributed by atoms with Crippen molar-refractivity contribution >= 4 is 17.3 Å². The van der Waals surface area contributed by atoms with E-state index in [9.17, 15) is 8.78 Å². The van der Waals surface area contributed by atoms with Gasteiger partial charge in [0.05, 0.1) is 0 Å². The van der Waals surface area contributed by atoms with Crippen molar-refractivity contribution in [2.24, 2.45) is 0 Å². The highest BCUT2D eigenvalue weighted by atomic mass is 19.2. The summed E-state index contributed by atoms with van der Waals surface area (Å²) in [6.45, 7) is 6.69. The Morgan fingerprint density at radius 2 is 1.76 bits per heavy atom. The smallest absolute Gasteiger partial charge is 0.160 e. The van der Waals surface area contributed by atoms with Crippen molar-refractivity contribution < 1.29 is 8.78 Å². The van der Waals surface area contributed by atoms with E-state index >= 15 is 0 Å². The Balaban J connectivity index is 2.31. The average Bonchev–Trinajstić information content (AvgIpc) is 2.43. The summed E-state index contributed by atoms with van der Waals surface area (Å²) in [5.41, 5.74) is 0.435. The lowest BCUT2D eigenvalue weighted by Gasteiger charge is -2.12. The summed E-state index contributed by atoms with van der Waals surface area (Å²) in [5.74, 6) is 0.300. The van der Waals surface area contributed by atoms with E-state index in [1.54, 1.807) is 6.07 Å². The second-order valence-corrected chi connectivity index (χ2v) is 4.94. The summed E-state index contributed by atoms with van der Waals surface area (Å²) in [6.07, 6.45) is 0. The van der Waals surface area contributed by atoms with Gasteiger partial charge in [-0.3, -0.25) is 0 Å². The van der Waals surface area contributed by atoms with E-state index in [4.69, 9.17) is 0 Å². The first kappa shape index (κ1) is 15.2. The quantitative estimate of drug-likeness (QED) is 0.872. The summed E-state index contributed by atoms with van der Waals surface area (Å²) in [6, 6.07) is 5.37. The molecule has 1 aromatic heterocycles. The number of hydrogen-bond donors (Lipinski definition) is 2. The van der Waals surface area contributed by atoms with E-state index in [2.05, 4.69) is 20.6 Å². The van der Waals surface area contributed by atoms with Crippen LogP contribution in [-0.2, 0) is 0 Å². The Bertz CT molecular complexity index is 629. The van der Waals surface area contributed by atoms with Crippen LogP contribution in [-0.4, -0.2) is 16.5 Å². The summed E-state index contributed by atoms with van der Waals surface area (Å²) in [4.78, 5) is 8.78. The van der Waals surface area contributed by atoms with Crippen molar-refractivity contribution in [2.45, 2.75) is 26.7 Å². The van der Waals surface area contributed by atoms with E-state index in [0.29, 0.717) is 23.1 Å². The number of aromatic nitrogens is 2. The number of hydrogen-bond acceptors (Lipinski definition) is 4. The van der Waals surface area contributed by atoms with Crippen LogP contribution in [0.3, 0.4) is 0 Å². The van der Waals surface area contributed by atoms with Crippen LogP contribution in [0.1, 0.15) is 32.5 Å². The molecule has 4 nitrogen and oxygen atoms in total. The minimum Gasteiger partial charge on any atom is -0.370 e. The molecule has 0 aliphatic carbocycles. The molecule has 0 fully saturated rings. The lowest BCUT2D eigenvalue weighted by atomic mass is 10.2. The molecule has 0 saturated heterocycles. The predicted octanol–water partition coefficient (Wildman–Crippen LogP) is 4.05. The SMILES string of the molecule is CCNc1cc(Nc2ccc(F)c(F)c2)nc(C(C)C)n1. The van der Waals surface area contributed by atoms with Gasteiger partial charge in [0.25, 0.3) is 0 Å². The maximum absolute atomic E-state index is 13.2. The number of anilines is 3. The Hall–Kier alpha value is -2.24. The van der Waals surface area contributed by atoms with Gasteiger partial charge in [-0.05, 0) is 19.1 Å². The van der Waals surface area contributed by atoms with Crippen molar-refractivity contribution in [1.29, 1.82) is 0 Å². The summed E-state index contributed by atoms with van der Waals surface area (Å²) < 4.78 is 26.2. The molecular formula is C15H18F2N4. The highest BCUT2D eigenvalue weighted by Gasteiger charge is 2.09. The van der Waals surface area contributed by atoms with Gasteiger partial charge in [0, 0.05) is 30.3 Å². The van der Waals surface area contributed by atoms with Crippen LogP contribution >= 0.6 is 0 Å². The third-order valence-electron chi connectivity index (χ3n) is 2.81. The van der Waals surface area contributed by atoms with Crippen molar-refractivity contribution in [3.05, 3.63) is 41.7 Å². The largest absolute Gasteiger partial charge is 0.370 e. The molecule has 1 heterocycles. The van der Waals surface area contributed by atoms with Crippen molar-refractivity contribution in [3.63, 3.8) is 0 Å². The van der Waals surface area contributed by atoms with Crippen molar-refractivity contribution in [1.82, 2.24) is 9.97 Å². The van der Waals surface area contributed by atoms with E-state index in [0.717, 1.165) is 18.7 Å². The van der Waals surface area contributed by atoms with Gasteiger partial charge in [0.15, 0.2) is 11.6 Å². The third kappa shape index (κ3) is 3.87. The molecule has 0 aliphatic heterocycles. The first-order chi connectivity index (χ1) is 9.99. The molecule has 112 valence electrons. The van der Waals surface area contributed by atoms with Crippen LogP contribution in [0.5, 0.6) is 0 Å². The summed E-state index contributed by atoms with van der Waals surface area (Å²) >= 11 is 0. The monoisotopic (exact) mass is 292 g/mol. The van der Waals surface area contributed by atoms with Gasteiger partial charge in [-0.1, -0.05) is 13.8 Å². The summed E-state index contributed by atoms with van der Waals surface area (Å²) in [7, 11) is 0. The Morgan fingerprint density at radius 3 is 2.38 bits per heavy atom. The number of nitrogens with one attached hydrogen (secondary N) is 2. The maximum Gasteiger partial charge on any atom is 0.160 e. The van der Waals surface area contributed by atoms with E-state index in [1.807, 2.05) is 20.8 Å². The van der Waals surface area contributed by atoms with Crippen LogP contribution in [0, 0.1) is 11.6 Å². The molecule has 2 rings (SSSR count). The molecule has 0 spiro atoms. The predicted molar refractivity (Wildman–Crippen MR) is 79.9 cm³/mol. The lowest BCUT2D eigenvalue weighted by molar-refractivity contribution is 0.509. The van der Waals surface area contributed by atoms with Gasteiger partial charge in [-0.25, -0.2) is 18.7 Å². The van der Waals surface area contributed by atoms with Crippen LogP contribution in [0.15, 0.2) is 24.3 Å². The fourth-order valence-electron chi connectivity index (χ4n) is 1.78. The molecule has 0 saturated carbocycles. The maximum atomic E-state index is 13.2. The van der Waals surface area contributed by atoms with Crippen LogP contribution in [0.25, 0.3) is 0 Å². The topological polar surface area (TPSA) is 49.8 Å². The average molecular weight is 292 g/mol. The van der Waals surface area contributed by atoms with Gasteiger partial charge in [0.1, 0.15) is 17.5 Å². The number of nitrogens with zero attached hydrogens (tertiary/aromatic N) is 2. The second-order valence-electron chi connectivity index (χ2n) is 4.94. The fraction of sp³-hybridized carbons (Fsp3) is 0.333. The standard InChI is InChI=1S/C15H18F2N4/c1-4-18-13-8-14(21-15(20-13)9(2)3)19-10-5-6-11(16)12(17)7-10/h5-9H,4H2,1-3H3,(H2,18,19,20,21). The molecule has 0 bridgehead atoms. The first-order valence-corrected chi connectivity index (χ1v) is 6.84. The highest BCUT2D eigenvalue weighted by Crippen LogP contribution is 2.21. The third-order valence-corrected chi connectivity index (χ3v) is 2.81. The zero-order chi connectivity index (χ0) is 15.4. The van der Waals surface area contributed by atoms with Gasteiger partial charge in [-0.2, -0.15) is 0 Å². The molecule has 0 amide bonds. The molecule has 0 aliphatic rings. The van der Waals surface area contributed by atoms with Gasteiger partial charge >= 0.3 is 0 Å². The molecule has 0 atom stereocenters. The normalized spacial score (nSPS) is 10.8. The lowest BCUT2D eigenvalue weighted by Crippen LogP contribution is -2.07. The van der Waals surface area contributed by atoms with Crippen LogP contribution in [0.4, 0.5) is 26.1 Å². The Labute approximate surface area is 122 Å². The minimum absolute atomic E-state index is 0.161. The van der Waals surface area contributed by atoms with Gasteiger partial charge < -0.3 is 10.6 Å². The number of rotatable bonds is 5. The molecule has 6 heteroatoms. The number of benzene rings is 1. The molecule has 2 N–H and O–H groups in total. The van der Waals surface area contributed by atoms with E-state index < -0.39 is 11.6 Å². The molecule has 2 aromatic rings. The Kier molecular flexibility index (Phi) is 4.67. The molecule has 21 heavy (non-hydrogen) atoms. The van der Waals surface area contributed by atoms with Crippen LogP contribution in [0.2, 0.25) is 0 Å². The summed E-state index contributed by atoms with van der Waals surface area (Å²) in [5, 5.41) is 6.09. The fourth-order valence-corrected chi connectivity index (χ4v) is 1.78. The molecule has 1 aromatic carbocycles. The highest BCUT2D eigenvalue weighted by molar-refractivity contribution is 5.59. The van der Waals surface area contributed by atoms with Crippen molar-refractivity contribution in [3.8, 4) is 0 Å². The van der Waals surface area contributed by atoms with Crippen molar-refractivity contribution in [2.75, 3.05) is 17.2 Å². The number of halogens is 2. The molecule has 0 unspecified atom stereocenters. The molecular weight excluding hydrogens is 274 g/mol. The van der Waals surface area contributed by atoms with Gasteiger partial charge in [0.2, 0.25) is 0 Å². The minimum atomic E-state index is -0.898. The zero-order valence-electron chi connectivity index (χ0n) is 12.2.